The Balaban J connectivity index is 1.78. The van der Waals surface area contributed by atoms with E-state index in [1.54, 1.807) is 0 Å². The first-order valence-corrected chi connectivity index (χ1v) is 4.19. The number of rotatable bonds is 4. The van der Waals surface area contributed by atoms with Gasteiger partial charge in [-0.1, -0.05) is 18.2 Å². The van der Waals surface area contributed by atoms with Crippen LogP contribution in [0, 0.1) is 0 Å². The Bertz CT molecular complexity index is 283. The molecular formula is C10H10O3. The van der Waals surface area contributed by atoms with Gasteiger partial charge in [0.25, 0.3) is 0 Å². The van der Waals surface area contributed by atoms with Crippen molar-refractivity contribution in [2.45, 2.75) is 12.2 Å². The number of hydrogen-bond acceptors (Lipinski definition) is 3. The van der Waals surface area contributed by atoms with Crippen molar-refractivity contribution in [1.82, 2.24) is 0 Å². The molecule has 3 nitrogen and oxygen atoms in total. The molecule has 0 unspecified atom stereocenters. The maximum Gasteiger partial charge on any atom is 0.151 e. The number of ether oxygens (including phenoxy) is 2. The molecule has 13 heavy (non-hydrogen) atoms. The van der Waals surface area contributed by atoms with Crippen molar-refractivity contribution in [3.8, 4) is 5.75 Å². The molecule has 0 amide bonds. The average molecular weight is 178 g/mol. The molecule has 2 rings (SSSR count). The number of epoxide rings is 1. The summed E-state index contributed by atoms with van der Waals surface area (Å²) in [4.78, 5) is 10.2. The van der Waals surface area contributed by atoms with Gasteiger partial charge in [0.2, 0.25) is 0 Å². The summed E-state index contributed by atoms with van der Waals surface area (Å²) in [6.07, 6.45) is 0.514. The minimum atomic E-state index is -0.247. The third-order valence-corrected chi connectivity index (χ3v) is 1.91. The van der Waals surface area contributed by atoms with Crippen LogP contribution in [0.1, 0.15) is 0 Å². The van der Waals surface area contributed by atoms with E-state index < -0.39 is 0 Å². The van der Waals surface area contributed by atoms with E-state index in [2.05, 4.69) is 0 Å². The van der Waals surface area contributed by atoms with Crippen LogP contribution in [0.15, 0.2) is 30.3 Å². The highest BCUT2D eigenvalue weighted by Gasteiger charge is 2.39. The molecule has 1 aliphatic rings. The Kier molecular flexibility index (Phi) is 2.27. The first-order valence-electron chi connectivity index (χ1n) is 4.19. The Morgan fingerprint density at radius 1 is 1.38 bits per heavy atom. The highest BCUT2D eigenvalue weighted by Crippen LogP contribution is 2.20. The monoisotopic (exact) mass is 178 g/mol. The van der Waals surface area contributed by atoms with Gasteiger partial charge in [-0.2, -0.15) is 0 Å². The van der Waals surface area contributed by atoms with Gasteiger partial charge >= 0.3 is 0 Å². The first-order chi connectivity index (χ1) is 6.40. The molecule has 0 saturated carbocycles. The normalized spacial score (nSPS) is 25.2. The van der Waals surface area contributed by atoms with Gasteiger partial charge in [-0.25, -0.2) is 0 Å². The minimum Gasteiger partial charge on any atom is -0.491 e. The van der Waals surface area contributed by atoms with Gasteiger partial charge in [0.1, 0.15) is 24.6 Å². The van der Waals surface area contributed by atoms with Crippen LogP contribution < -0.4 is 4.74 Å². The lowest BCUT2D eigenvalue weighted by Gasteiger charge is -2.01. The number of benzene rings is 1. The smallest absolute Gasteiger partial charge is 0.151 e. The van der Waals surface area contributed by atoms with Gasteiger partial charge in [0, 0.05) is 0 Å². The van der Waals surface area contributed by atoms with Crippen molar-refractivity contribution in [3.05, 3.63) is 30.3 Å². The van der Waals surface area contributed by atoms with Gasteiger partial charge < -0.3 is 14.3 Å². The van der Waals surface area contributed by atoms with E-state index in [1.807, 2.05) is 30.3 Å². The summed E-state index contributed by atoms with van der Waals surface area (Å²) >= 11 is 0. The van der Waals surface area contributed by atoms with Crippen molar-refractivity contribution in [3.63, 3.8) is 0 Å². The summed E-state index contributed by atoms with van der Waals surface area (Å²) in [7, 11) is 0. The maximum absolute atomic E-state index is 10.2. The molecule has 0 aromatic heterocycles. The van der Waals surface area contributed by atoms with Crippen LogP contribution in [-0.2, 0) is 9.53 Å². The van der Waals surface area contributed by atoms with Crippen LogP contribution in [0.25, 0.3) is 0 Å². The summed E-state index contributed by atoms with van der Waals surface area (Å²) in [6, 6.07) is 9.48. The Morgan fingerprint density at radius 2 is 2.15 bits per heavy atom. The van der Waals surface area contributed by atoms with Crippen LogP contribution in [0.3, 0.4) is 0 Å². The molecule has 3 heteroatoms. The molecule has 0 N–H and O–H groups in total. The fourth-order valence-electron chi connectivity index (χ4n) is 1.11. The Hall–Kier alpha value is -1.35. The van der Waals surface area contributed by atoms with Crippen molar-refractivity contribution in [2.75, 3.05) is 6.61 Å². The highest BCUT2D eigenvalue weighted by atomic mass is 16.6. The third kappa shape index (κ3) is 2.06. The molecule has 0 radical (unpaired) electrons. The fourth-order valence-corrected chi connectivity index (χ4v) is 1.11. The fraction of sp³-hybridized carbons (Fsp3) is 0.300. The quantitative estimate of drug-likeness (QED) is 0.510. The zero-order valence-corrected chi connectivity index (χ0v) is 7.05. The van der Waals surface area contributed by atoms with Gasteiger partial charge in [0.15, 0.2) is 6.29 Å². The topological polar surface area (TPSA) is 38.8 Å². The molecular weight excluding hydrogens is 168 g/mol. The van der Waals surface area contributed by atoms with Crippen molar-refractivity contribution < 1.29 is 14.3 Å². The van der Waals surface area contributed by atoms with E-state index in [-0.39, 0.29) is 12.2 Å². The molecule has 0 bridgehead atoms. The van der Waals surface area contributed by atoms with E-state index in [9.17, 15) is 4.79 Å². The predicted octanol–water partition coefficient (Wildman–Crippen LogP) is 1.03. The summed E-state index contributed by atoms with van der Waals surface area (Å²) in [6.45, 7) is 0.452. The SMILES string of the molecule is O=C[C@H]1O[C@H]1COc1ccccc1. The zero-order valence-electron chi connectivity index (χ0n) is 7.05. The van der Waals surface area contributed by atoms with Gasteiger partial charge in [0.05, 0.1) is 0 Å². The van der Waals surface area contributed by atoms with E-state index in [0.717, 1.165) is 12.0 Å². The van der Waals surface area contributed by atoms with E-state index in [1.165, 1.54) is 0 Å². The highest BCUT2D eigenvalue weighted by molar-refractivity contribution is 5.60. The second-order valence-electron chi connectivity index (χ2n) is 2.90. The Morgan fingerprint density at radius 3 is 2.77 bits per heavy atom. The molecule has 0 spiro atoms. The number of carbonyl (C=O) groups is 1. The molecule has 2 atom stereocenters. The van der Waals surface area contributed by atoms with Crippen LogP contribution in [0.2, 0.25) is 0 Å². The van der Waals surface area contributed by atoms with Crippen LogP contribution in [0.4, 0.5) is 0 Å². The van der Waals surface area contributed by atoms with Gasteiger partial charge in [-0.15, -0.1) is 0 Å². The number of aldehydes is 1. The van der Waals surface area contributed by atoms with E-state index in [0.29, 0.717) is 6.61 Å². The lowest BCUT2D eigenvalue weighted by molar-refractivity contribution is -0.108. The predicted molar refractivity (Wildman–Crippen MR) is 46.7 cm³/mol. The number of para-hydroxylation sites is 1. The van der Waals surface area contributed by atoms with Crippen molar-refractivity contribution >= 4 is 6.29 Å². The summed E-state index contributed by atoms with van der Waals surface area (Å²) in [5.74, 6) is 0.808. The van der Waals surface area contributed by atoms with E-state index >= 15 is 0 Å². The molecule has 1 aromatic carbocycles. The third-order valence-electron chi connectivity index (χ3n) is 1.91. The van der Waals surface area contributed by atoms with Gasteiger partial charge in [-0.05, 0) is 12.1 Å². The lowest BCUT2D eigenvalue weighted by atomic mass is 10.3. The van der Waals surface area contributed by atoms with E-state index in [4.69, 9.17) is 9.47 Å². The zero-order chi connectivity index (χ0) is 9.10. The molecule has 1 fully saturated rings. The van der Waals surface area contributed by atoms with Crippen LogP contribution >= 0.6 is 0 Å². The number of carbonyl (C=O) groups excluding carboxylic acids is 1. The molecule has 0 aliphatic carbocycles. The second kappa shape index (κ2) is 3.58. The lowest BCUT2D eigenvalue weighted by Crippen LogP contribution is -2.07. The Labute approximate surface area is 76.3 Å². The summed E-state index contributed by atoms with van der Waals surface area (Å²) < 4.78 is 10.4. The minimum absolute atomic E-state index is 0.0438. The summed E-state index contributed by atoms with van der Waals surface area (Å²) in [5.41, 5.74) is 0. The van der Waals surface area contributed by atoms with Crippen molar-refractivity contribution in [1.29, 1.82) is 0 Å². The number of hydrogen-bond donors (Lipinski definition) is 0. The average Bonchev–Trinajstić information content (AvgIpc) is 2.95. The first kappa shape index (κ1) is 8.26. The molecule has 1 aromatic rings. The van der Waals surface area contributed by atoms with Crippen LogP contribution in [-0.4, -0.2) is 25.1 Å². The largest absolute Gasteiger partial charge is 0.491 e. The van der Waals surface area contributed by atoms with Crippen molar-refractivity contribution in [2.24, 2.45) is 0 Å². The summed E-state index contributed by atoms with van der Waals surface area (Å²) in [5, 5.41) is 0. The maximum atomic E-state index is 10.2. The molecule has 1 aliphatic heterocycles. The molecule has 68 valence electrons. The second-order valence-corrected chi connectivity index (χ2v) is 2.90. The molecule has 1 saturated heterocycles. The van der Waals surface area contributed by atoms with Gasteiger partial charge in [-0.3, -0.25) is 0 Å². The van der Waals surface area contributed by atoms with Crippen LogP contribution in [0.5, 0.6) is 5.75 Å². The molecule has 1 heterocycles. The standard InChI is InChI=1S/C10H10O3/c11-6-9-10(13-9)7-12-8-4-2-1-3-5-8/h1-6,9-10H,7H2/t9-,10+/m1/s1.